The number of benzene rings is 1. The van der Waals surface area contributed by atoms with E-state index in [-0.39, 0.29) is 11.9 Å². The zero-order chi connectivity index (χ0) is 16.9. The number of hydrogen-bond acceptors (Lipinski definition) is 3. The highest BCUT2D eigenvalue weighted by atomic mass is 35.5. The van der Waals surface area contributed by atoms with Crippen molar-refractivity contribution in [2.75, 3.05) is 19.6 Å². The molecule has 0 saturated carbocycles. The van der Waals surface area contributed by atoms with E-state index >= 15 is 0 Å². The highest BCUT2D eigenvalue weighted by Crippen LogP contribution is 2.29. The maximum absolute atomic E-state index is 12.5. The Labute approximate surface area is 144 Å². The number of nitrogens with one attached hydrogen (secondary N) is 2. The summed E-state index contributed by atoms with van der Waals surface area (Å²) in [6.45, 7) is 1.92. The second-order valence-electron chi connectivity index (χ2n) is 5.44. The molecule has 7 nitrogen and oxygen atoms in total. The van der Waals surface area contributed by atoms with E-state index < -0.39 is 6.04 Å². The van der Waals surface area contributed by atoms with Crippen molar-refractivity contribution in [3.63, 3.8) is 0 Å². The van der Waals surface area contributed by atoms with Crippen LogP contribution in [-0.2, 0) is 11.3 Å². The number of nitrogens with zero attached hydrogens (tertiary/aromatic N) is 3. The fourth-order valence-electron chi connectivity index (χ4n) is 2.70. The number of aromatic nitrogens is 2. The first kappa shape index (κ1) is 16.3. The second kappa shape index (κ2) is 7.35. The molecule has 0 bridgehead atoms. The van der Waals surface area contributed by atoms with Gasteiger partial charge in [-0.05, 0) is 6.07 Å². The topological polar surface area (TPSA) is 79.3 Å². The second-order valence-corrected chi connectivity index (χ2v) is 5.85. The van der Waals surface area contributed by atoms with E-state index in [0.717, 1.165) is 0 Å². The highest BCUT2D eigenvalue weighted by molar-refractivity contribution is 6.31. The van der Waals surface area contributed by atoms with Crippen molar-refractivity contribution < 1.29 is 9.59 Å². The van der Waals surface area contributed by atoms with Crippen molar-refractivity contribution in [3.8, 4) is 0 Å². The number of amides is 3. The largest absolute Gasteiger partial charge is 0.352 e. The Kier molecular flexibility index (Phi) is 5.00. The lowest BCUT2D eigenvalue weighted by atomic mass is 10.0. The molecule has 24 heavy (non-hydrogen) atoms. The molecule has 1 fully saturated rings. The number of carbonyl (C=O) groups excluding carboxylic acids is 2. The minimum Gasteiger partial charge on any atom is -0.352 e. The minimum atomic E-state index is -0.722. The standard InChI is InChI=1S/C16H18ClN5O2/c17-13-4-2-1-3-12(13)14-15(23)19-7-10-22(14)16(24)20-6-9-21-8-5-18-11-21/h1-5,8,11,14H,6-7,9-10H2,(H,19,23)(H,20,24). The molecule has 3 rings (SSSR count). The van der Waals surface area contributed by atoms with Gasteiger partial charge in [0.1, 0.15) is 6.04 Å². The van der Waals surface area contributed by atoms with Crippen LogP contribution >= 0.6 is 11.6 Å². The molecule has 1 aromatic heterocycles. The van der Waals surface area contributed by atoms with Gasteiger partial charge in [0.2, 0.25) is 5.91 Å². The van der Waals surface area contributed by atoms with Gasteiger partial charge >= 0.3 is 6.03 Å². The molecule has 1 aromatic carbocycles. The van der Waals surface area contributed by atoms with E-state index in [4.69, 9.17) is 11.6 Å². The van der Waals surface area contributed by atoms with Gasteiger partial charge in [-0.2, -0.15) is 0 Å². The summed E-state index contributed by atoms with van der Waals surface area (Å²) in [4.78, 5) is 30.3. The number of urea groups is 1. The summed E-state index contributed by atoms with van der Waals surface area (Å²) in [6.07, 6.45) is 5.20. The van der Waals surface area contributed by atoms with E-state index in [9.17, 15) is 9.59 Å². The van der Waals surface area contributed by atoms with Gasteiger partial charge in [-0.25, -0.2) is 9.78 Å². The Hall–Kier alpha value is -2.54. The molecule has 2 N–H and O–H groups in total. The molecule has 1 atom stereocenters. The van der Waals surface area contributed by atoms with Crippen LogP contribution in [0.3, 0.4) is 0 Å². The van der Waals surface area contributed by atoms with Crippen molar-refractivity contribution in [3.05, 3.63) is 53.6 Å². The SMILES string of the molecule is O=C1NCCN(C(=O)NCCn2ccnc2)C1c1ccccc1Cl. The number of halogens is 1. The van der Waals surface area contributed by atoms with Crippen LogP contribution in [0.25, 0.3) is 0 Å². The van der Waals surface area contributed by atoms with E-state index in [0.29, 0.717) is 36.8 Å². The smallest absolute Gasteiger partial charge is 0.318 e. The van der Waals surface area contributed by atoms with Crippen molar-refractivity contribution in [1.29, 1.82) is 0 Å². The van der Waals surface area contributed by atoms with Crippen LogP contribution in [0.2, 0.25) is 5.02 Å². The molecule has 8 heteroatoms. The molecule has 1 unspecified atom stereocenters. The van der Waals surface area contributed by atoms with Crippen LogP contribution in [0.5, 0.6) is 0 Å². The number of carbonyl (C=O) groups is 2. The molecule has 0 radical (unpaired) electrons. The monoisotopic (exact) mass is 347 g/mol. The Morgan fingerprint density at radius 1 is 1.42 bits per heavy atom. The Balaban J connectivity index is 1.70. The summed E-state index contributed by atoms with van der Waals surface area (Å²) in [6, 6.07) is 6.08. The quantitative estimate of drug-likeness (QED) is 0.878. The average Bonchev–Trinajstić information content (AvgIpc) is 3.09. The van der Waals surface area contributed by atoms with E-state index in [2.05, 4.69) is 15.6 Å². The molecule has 2 aromatic rings. The minimum absolute atomic E-state index is 0.223. The molecule has 126 valence electrons. The van der Waals surface area contributed by atoms with E-state index in [1.54, 1.807) is 36.8 Å². The van der Waals surface area contributed by atoms with Gasteiger partial charge in [0, 0.05) is 49.2 Å². The lowest BCUT2D eigenvalue weighted by Crippen LogP contribution is -2.55. The normalized spacial score (nSPS) is 17.5. The van der Waals surface area contributed by atoms with Crippen LogP contribution in [-0.4, -0.2) is 46.0 Å². The van der Waals surface area contributed by atoms with Gasteiger partial charge in [-0.15, -0.1) is 0 Å². The molecule has 0 spiro atoms. The third kappa shape index (κ3) is 3.51. The highest BCUT2D eigenvalue weighted by Gasteiger charge is 2.35. The summed E-state index contributed by atoms with van der Waals surface area (Å²) in [5.74, 6) is -0.223. The van der Waals surface area contributed by atoms with Gasteiger partial charge in [0.25, 0.3) is 0 Å². The van der Waals surface area contributed by atoms with Gasteiger partial charge < -0.3 is 20.1 Å². The van der Waals surface area contributed by atoms with Crippen molar-refractivity contribution in [2.24, 2.45) is 0 Å². The summed E-state index contributed by atoms with van der Waals surface area (Å²) in [5.41, 5.74) is 0.626. The lowest BCUT2D eigenvalue weighted by Gasteiger charge is -2.35. The van der Waals surface area contributed by atoms with E-state index in [1.807, 2.05) is 10.8 Å². The van der Waals surface area contributed by atoms with Gasteiger partial charge in [0.15, 0.2) is 0 Å². The van der Waals surface area contributed by atoms with Crippen molar-refractivity contribution >= 4 is 23.5 Å². The number of imidazole rings is 1. The third-order valence-electron chi connectivity index (χ3n) is 3.88. The van der Waals surface area contributed by atoms with Crippen LogP contribution in [0.1, 0.15) is 11.6 Å². The van der Waals surface area contributed by atoms with Gasteiger partial charge in [0.05, 0.1) is 6.33 Å². The van der Waals surface area contributed by atoms with Gasteiger partial charge in [-0.1, -0.05) is 29.8 Å². The number of rotatable bonds is 4. The lowest BCUT2D eigenvalue weighted by molar-refractivity contribution is -0.127. The fourth-order valence-corrected chi connectivity index (χ4v) is 2.94. The van der Waals surface area contributed by atoms with Crippen LogP contribution in [0.15, 0.2) is 43.0 Å². The molecular formula is C16H18ClN5O2. The first-order chi connectivity index (χ1) is 11.7. The van der Waals surface area contributed by atoms with Crippen LogP contribution < -0.4 is 10.6 Å². The maximum atomic E-state index is 12.5. The third-order valence-corrected chi connectivity index (χ3v) is 4.22. The van der Waals surface area contributed by atoms with Crippen LogP contribution in [0.4, 0.5) is 4.79 Å². The van der Waals surface area contributed by atoms with Gasteiger partial charge in [-0.3, -0.25) is 4.79 Å². The van der Waals surface area contributed by atoms with Crippen LogP contribution in [0, 0.1) is 0 Å². The molecule has 3 amide bonds. The average molecular weight is 348 g/mol. The molecule has 2 heterocycles. The molecule has 1 saturated heterocycles. The molecule has 1 aliphatic heterocycles. The Bertz CT molecular complexity index is 719. The molecule has 0 aliphatic carbocycles. The number of piperazine rings is 1. The molecular weight excluding hydrogens is 330 g/mol. The summed E-state index contributed by atoms with van der Waals surface area (Å²) < 4.78 is 1.87. The first-order valence-electron chi connectivity index (χ1n) is 7.69. The Morgan fingerprint density at radius 3 is 3.00 bits per heavy atom. The Morgan fingerprint density at radius 2 is 2.25 bits per heavy atom. The zero-order valence-corrected chi connectivity index (χ0v) is 13.7. The predicted molar refractivity (Wildman–Crippen MR) is 89.5 cm³/mol. The predicted octanol–water partition coefficient (Wildman–Crippen LogP) is 1.42. The van der Waals surface area contributed by atoms with Crippen molar-refractivity contribution in [2.45, 2.75) is 12.6 Å². The zero-order valence-electron chi connectivity index (χ0n) is 13.0. The maximum Gasteiger partial charge on any atom is 0.318 e. The number of hydrogen-bond donors (Lipinski definition) is 2. The van der Waals surface area contributed by atoms with Crippen molar-refractivity contribution in [1.82, 2.24) is 25.1 Å². The van der Waals surface area contributed by atoms with E-state index in [1.165, 1.54) is 4.90 Å². The summed E-state index contributed by atoms with van der Waals surface area (Å²) in [5, 5.41) is 6.10. The first-order valence-corrected chi connectivity index (χ1v) is 8.07. The molecule has 1 aliphatic rings. The summed E-state index contributed by atoms with van der Waals surface area (Å²) >= 11 is 6.22. The fraction of sp³-hybridized carbons (Fsp3) is 0.312. The summed E-state index contributed by atoms with van der Waals surface area (Å²) in [7, 11) is 0.